The predicted molar refractivity (Wildman–Crippen MR) is 75.7 cm³/mol. The number of nitrogens with one attached hydrogen (secondary N) is 1. The van der Waals surface area contributed by atoms with Gasteiger partial charge in [-0.05, 0) is 24.6 Å². The van der Waals surface area contributed by atoms with E-state index in [-0.39, 0.29) is 6.04 Å². The highest BCUT2D eigenvalue weighted by Gasteiger charge is 2.25. The molecule has 1 aliphatic heterocycles. The Kier molecular flexibility index (Phi) is 4.42. The van der Waals surface area contributed by atoms with E-state index in [1.807, 2.05) is 12.1 Å². The van der Waals surface area contributed by atoms with Gasteiger partial charge in [-0.15, -0.1) is 0 Å². The summed E-state index contributed by atoms with van der Waals surface area (Å²) in [6, 6.07) is 5.66. The number of halogens is 1. The van der Waals surface area contributed by atoms with Gasteiger partial charge in [-0.2, -0.15) is 0 Å². The fourth-order valence-electron chi connectivity index (χ4n) is 2.23. The SMILES string of the molecule is COC(=O)NC1CCN(c2ccc(Br)cc2C=O)C1. The van der Waals surface area contributed by atoms with E-state index in [0.29, 0.717) is 12.1 Å². The lowest BCUT2D eigenvalue weighted by molar-refractivity contribution is 0.112. The summed E-state index contributed by atoms with van der Waals surface area (Å²) in [6.45, 7) is 1.48. The zero-order valence-corrected chi connectivity index (χ0v) is 12.1. The van der Waals surface area contributed by atoms with Crippen LogP contribution in [0.5, 0.6) is 0 Å². The van der Waals surface area contributed by atoms with Gasteiger partial charge >= 0.3 is 6.09 Å². The number of benzene rings is 1. The summed E-state index contributed by atoms with van der Waals surface area (Å²) in [7, 11) is 1.35. The van der Waals surface area contributed by atoms with Crippen molar-refractivity contribution in [3.05, 3.63) is 28.2 Å². The van der Waals surface area contributed by atoms with Gasteiger partial charge in [0.05, 0.1) is 13.2 Å². The van der Waals surface area contributed by atoms with Crippen LogP contribution in [-0.2, 0) is 4.74 Å². The number of carbonyl (C=O) groups excluding carboxylic acids is 2. The number of aldehydes is 1. The highest BCUT2D eigenvalue weighted by atomic mass is 79.9. The van der Waals surface area contributed by atoms with E-state index < -0.39 is 6.09 Å². The first-order valence-electron chi connectivity index (χ1n) is 5.98. The molecule has 102 valence electrons. The maximum Gasteiger partial charge on any atom is 0.407 e. The third-order valence-electron chi connectivity index (χ3n) is 3.15. The van der Waals surface area contributed by atoms with Crippen molar-refractivity contribution in [1.29, 1.82) is 0 Å². The van der Waals surface area contributed by atoms with Gasteiger partial charge in [0.15, 0.2) is 6.29 Å². The van der Waals surface area contributed by atoms with E-state index in [1.54, 1.807) is 6.07 Å². The third-order valence-corrected chi connectivity index (χ3v) is 3.65. The Labute approximate surface area is 120 Å². The van der Waals surface area contributed by atoms with Crippen LogP contribution in [0.4, 0.5) is 10.5 Å². The number of alkyl carbamates (subject to hydrolysis) is 1. The van der Waals surface area contributed by atoms with Crippen LogP contribution >= 0.6 is 15.9 Å². The Morgan fingerprint density at radius 1 is 1.58 bits per heavy atom. The summed E-state index contributed by atoms with van der Waals surface area (Å²) < 4.78 is 5.46. The Morgan fingerprint density at radius 3 is 3.05 bits per heavy atom. The van der Waals surface area contributed by atoms with Crippen molar-refractivity contribution in [3.63, 3.8) is 0 Å². The first-order valence-corrected chi connectivity index (χ1v) is 6.77. The van der Waals surface area contributed by atoms with Crippen LogP contribution < -0.4 is 10.2 Å². The van der Waals surface area contributed by atoms with E-state index in [0.717, 1.165) is 29.4 Å². The highest BCUT2D eigenvalue weighted by molar-refractivity contribution is 9.10. The zero-order chi connectivity index (χ0) is 13.8. The second-order valence-corrected chi connectivity index (χ2v) is 5.30. The van der Waals surface area contributed by atoms with Crippen LogP contribution in [-0.4, -0.2) is 38.6 Å². The van der Waals surface area contributed by atoms with Crippen molar-refractivity contribution in [2.24, 2.45) is 0 Å². The number of amides is 1. The van der Waals surface area contributed by atoms with E-state index in [4.69, 9.17) is 0 Å². The molecule has 0 bridgehead atoms. The zero-order valence-electron chi connectivity index (χ0n) is 10.6. The topological polar surface area (TPSA) is 58.6 Å². The lowest BCUT2D eigenvalue weighted by Crippen LogP contribution is -2.37. The van der Waals surface area contributed by atoms with Crippen LogP contribution in [0.1, 0.15) is 16.8 Å². The minimum atomic E-state index is -0.418. The first-order chi connectivity index (χ1) is 9.13. The Balaban J connectivity index is 2.08. The number of ether oxygens (including phenoxy) is 1. The van der Waals surface area contributed by atoms with Crippen LogP contribution in [0.25, 0.3) is 0 Å². The second kappa shape index (κ2) is 6.06. The molecule has 0 saturated carbocycles. The van der Waals surface area contributed by atoms with Gasteiger partial charge in [0, 0.05) is 28.8 Å². The summed E-state index contributed by atoms with van der Waals surface area (Å²) in [5.74, 6) is 0. The average Bonchev–Trinajstić information content (AvgIpc) is 2.86. The molecule has 1 aromatic rings. The minimum absolute atomic E-state index is 0.0515. The molecule has 1 N–H and O–H groups in total. The molecule has 1 unspecified atom stereocenters. The van der Waals surface area contributed by atoms with Gasteiger partial charge in [-0.3, -0.25) is 4.79 Å². The third kappa shape index (κ3) is 3.26. The summed E-state index contributed by atoms with van der Waals surface area (Å²) >= 11 is 3.35. The number of rotatable bonds is 3. The molecule has 0 radical (unpaired) electrons. The van der Waals surface area contributed by atoms with Crippen molar-refractivity contribution >= 4 is 34.0 Å². The maximum absolute atomic E-state index is 11.2. The van der Waals surface area contributed by atoms with E-state index in [9.17, 15) is 9.59 Å². The predicted octanol–water partition coefficient (Wildman–Crippen LogP) is 2.20. The Morgan fingerprint density at radius 2 is 2.37 bits per heavy atom. The fourth-order valence-corrected chi connectivity index (χ4v) is 2.61. The molecule has 1 aromatic carbocycles. The van der Waals surface area contributed by atoms with Gasteiger partial charge in [-0.1, -0.05) is 15.9 Å². The lowest BCUT2D eigenvalue weighted by atomic mass is 10.2. The van der Waals surface area contributed by atoms with Crippen molar-refractivity contribution in [3.8, 4) is 0 Å². The molecule has 0 aliphatic carbocycles. The summed E-state index contributed by atoms with van der Waals surface area (Å²) in [5, 5.41) is 2.78. The molecule has 6 heteroatoms. The fraction of sp³-hybridized carbons (Fsp3) is 0.385. The van der Waals surface area contributed by atoms with Gasteiger partial charge in [0.1, 0.15) is 0 Å². The first kappa shape index (κ1) is 13.9. The Bertz CT molecular complexity index is 493. The van der Waals surface area contributed by atoms with Gasteiger partial charge in [0.25, 0.3) is 0 Å². The molecular weight excluding hydrogens is 312 g/mol. The molecule has 1 fully saturated rings. The molecule has 0 spiro atoms. The number of nitrogens with zero attached hydrogens (tertiary/aromatic N) is 1. The normalized spacial score (nSPS) is 18.2. The second-order valence-electron chi connectivity index (χ2n) is 4.39. The van der Waals surface area contributed by atoms with Crippen molar-refractivity contribution in [2.45, 2.75) is 12.5 Å². The monoisotopic (exact) mass is 326 g/mol. The van der Waals surface area contributed by atoms with Crippen LogP contribution in [0.3, 0.4) is 0 Å². The van der Waals surface area contributed by atoms with Crippen molar-refractivity contribution in [1.82, 2.24) is 5.32 Å². The van der Waals surface area contributed by atoms with Crippen LogP contribution in [0.2, 0.25) is 0 Å². The molecule has 1 atom stereocenters. The van der Waals surface area contributed by atoms with Crippen LogP contribution in [0.15, 0.2) is 22.7 Å². The lowest BCUT2D eigenvalue weighted by Gasteiger charge is -2.20. The summed E-state index contributed by atoms with van der Waals surface area (Å²) in [6.07, 6.45) is 1.27. The smallest absolute Gasteiger partial charge is 0.407 e. The molecule has 1 heterocycles. The molecule has 5 nitrogen and oxygen atoms in total. The highest BCUT2D eigenvalue weighted by Crippen LogP contribution is 2.26. The number of carbonyl (C=O) groups is 2. The molecule has 0 aromatic heterocycles. The van der Waals surface area contributed by atoms with Gasteiger partial charge < -0.3 is 15.0 Å². The van der Waals surface area contributed by atoms with Gasteiger partial charge in [-0.25, -0.2) is 4.79 Å². The van der Waals surface area contributed by atoms with E-state index >= 15 is 0 Å². The average molecular weight is 327 g/mol. The quantitative estimate of drug-likeness (QED) is 0.865. The molecule has 19 heavy (non-hydrogen) atoms. The summed E-state index contributed by atoms with van der Waals surface area (Å²) in [4.78, 5) is 24.4. The molecule has 2 rings (SSSR count). The number of hydrogen-bond donors (Lipinski definition) is 1. The van der Waals surface area contributed by atoms with Gasteiger partial charge in [0.2, 0.25) is 0 Å². The van der Waals surface area contributed by atoms with E-state index in [2.05, 4.69) is 30.9 Å². The van der Waals surface area contributed by atoms with Crippen LogP contribution in [0, 0.1) is 0 Å². The minimum Gasteiger partial charge on any atom is -0.453 e. The molecule has 1 amide bonds. The standard InChI is InChI=1S/C13H15BrN2O3/c1-19-13(18)15-11-4-5-16(7-11)12-3-2-10(14)6-9(12)8-17/h2-3,6,8,11H,4-5,7H2,1H3,(H,15,18). The number of methoxy groups -OCH3 is 1. The van der Waals surface area contributed by atoms with Crippen molar-refractivity contribution in [2.75, 3.05) is 25.1 Å². The molecular formula is C13H15BrN2O3. The Hall–Kier alpha value is -1.56. The number of anilines is 1. The van der Waals surface area contributed by atoms with Crippen molar-refractivity contribution < 1.29 is 14.3 Å². The largest absolute Gasteiger partial charge is 0.453 e. The molecule has 1 aliphatic rings. The number of hydrogen-bond acceptors (Lipinski definition) is 4. The van der Waals surface area contributed by atoms with E-state index in [1.165, 1.54) is 7.11 Å². The maximum atomic E-state index is 11.2. The summed E-state index contributed by atoms with van der Waals surface area (Å²) in [5.41, 5.74) is 1.54. The molecule has 1 saturated heterocycles.